The van der Waals surface area contributed by atoms with Crippen molar-refractivity contribution in [1.82, 2.24) is 0 Å². The molecule has 0 amide bonds. The van der Waals surface area contributed by atoms with Crippen molar-refractivity contribution in [3.63, 3.8) is 0 Å². The van der Waals surface area contributed by atoms with E-state index in [0.29, 0.717) is 5.57 Å². The largest absolute Gasteiger partial charge is 0.317 e. The highest BCUT2D eigenvalue weighted by Crippen LogP contribution is 2.52. The van der Waals surface area contributed by atoms with Crippen LogP contribution in [0.2, 0.25) is 0 Å². The highest BCUT2D eigenvalue weighted by atomic mass is 31.2. The highest BCUT2D eigenvalue weighted by Gasteiger charge is 2.27. The van der Waals surface area contributed by atoms with Crippen molar-refractivity contribution < 1.29 is 9.09 Å². The fourth-order valence-electron chi connectivity index (χ4n) is 0.913. The molecule has 1 rings (SSSR count). The standard InChI is InChI=1S/C7H9O2P/c1-4-7-5-10(3,8)9-6(7)2/h1,5-6H,2-3H3. The SMILES string of the molecule is C#CC1=CP(C)(=O)OC1C. The van der Waals surface area contributed by atoms with Gasteiger partial charge in [0.1, 0.15) is 0 Å². The summed E-state index contributed by atoms with van der Waals surface area (Å²) in [5.74, 6) is 3.99. The summed E-state index contributed by atoms with van der Waals surface area (Å²) in [6, 6.07) is 0. The zero-order chi connectivity index (χ0) is 7.78. The molecule has 2 atom stereocenters. The number of terminal acetylenes is 1. The normalized spacial score (nSPS) is 38.9. The van der Waals surface area contributed by atoms with Gasteiger partial charge in [-0.2, -0.15) is 0 Å². The van der Waals surface area contributed by atoms with Gasteiger partial charge in [0.05, 0.1) is 6.10 Å². The minimum Gasteiger partial charge on any atom is -0.317 e. The maximum Gasteiger partial charge on any atom is 0.223 e. The molecule has 0 aromatic rings. The Bertz CT molecular complexity index is 259. The van der Waals surface area contributed by atoms with E-state index in [4.69, 9.17) is 10.9 Å². The molecule has 0 fully saturated rings. The monoisotopic (exact) mass is 156 g/mol. The highest BCUT2D eigenvalue weighted by molar-refractivity contribution is 7.61. The van der Waals surface area contributed by atoms with Crippen molar-refractivity contribution in [2.24, 2.45) is 0 Å². The van der Waals surface area contributed by atoms with E-state index in [9.17, 15) is 4.57 Å². The van der Waals surface area contributed by atoms with Crippen LogP contribution in [0.25, 0.3) is 0 Å². The molecule has 0 aromatic heterocycles. The molecule has 54 valence electrons. The lowest BCUT2D eigenvalue weighted by Crippen LogP contribution is -2.00. The molecular formula is C7H9O2P. The first-order valence-corrected chi connectivity index (χ1v) is 5.14. The van der Waals surface area contributed by atoms with Crippen LogP contribution in [0.3, 0.4) is 0 Å². The van der Waals surface area contributed by atoms with Crippen LogP contribution >= 0.6 is 7.37 Å². The molecule has 2 nitrogen and oxygen atoms in total. The first-order chi connectivity index (χ1) is 4.55. The zero-order valence-electron chi connectivity index (χ0n) is 6.00. The molecule has 1 aliphatic heterocycles. The van der Waals surface area contributed by atoms with E-state index in [1.54, 1.807) is 19.4 Å². The fourth-order valence-corrected chi connectivity index (χ4v) is 2.51. The minimum atomic E-state index is -2.48. The van der Waals surface area contributed by atoms with Crippen molar-refractivity contribution >= 4 is 7.37 Å². The molecule has 10 heavy (non-hydrogen) atoms. The summed E-state index contributed by atoms with van der Waals surface area (Å²) in [6.07, 6.45) is 4.96. The molecule has 0 N–H and O–H groups in total. The van der Waals surface area contributed by atoms with Crippen LogP contribution in [0.15, 0.2) is 11.4 Å². The van der Waals surface area contributed by atoms with E-state index < -0.39 is 7.37 Å². The van der Waals surface area contributed by atoms with Gasteiger partial charge >= 0.3 is 0 Å². The average Bonchev–Trinajstić information content (AvgIpc) is 2.05. The Morgan fingerprint density at radius 2 is 2.50 bits per heavy atom. The summed E-state index contributed by atoms with van der Waals surface area (Å²) in [5, 5.41) is 0. The molecule has 2 unspecified atom stereocenters. The fraction of sp³-hybridized carbons (Fsp3) is 0.429. The minimum absolute atomic E-state index is 0.166. The molecule has 1 aliphatic rings. The van der Waals surface area contributed by atoms with E-state index >= 15 is 0 Å². The lowest BCUT2D eigenvalue weighted by molar-refractivity contribution is 0.283. The zero-order valence-corrected chi connectivity index (χ0v) is 6.89. The van der Waals surface area contributed by atoms with Gasteiger partial charge in [0.25, 0.3) is 0 Å². The number of rotatable bonds is 0. The number of hydrogen-bond acceptors (Lipinski definition) is 2. The predicted octanol–water partition coefficient (Wildman–Crippen LogP) is 1.83. The summed E-state index contributed by atoms with van der Waals surface area (Å²) in [7, 11) is -2.48. The van der Waals surface area contributed by atoms with Crippen LogP contribution in [-0.4, -0.2) is 12.8 Å². The first-order valence-electron chi connectivity index (χ1n) is 3.00. The van der Waals surface area contributed by atoms with Crippen molar-refractivity contribution in [3.8, 4) is 12.3 Å². The molecular weight excluding hydrogens is 147 g/mol. The van der Waals surface area contributed by atoms with Crippen molar-refractivity contribution in [1.29, 1.82) is 0 Å². The third-order valence-electron chi connectivity index (χ3n) is 1.35. The van der Waals surface area contributed by atoms with Gasteiger partial charge in [-0.1, -0.05) is 5.92 Å². The van der Waals surface area contributed by atoms with E-state index in [2.05, 4.69) is 5.92 Å². The molecule has 0 aromatic carbocycles. The maximum absolute atomic E-state index is 11.2. The number of hydrogen-bond donors (Lipinski definition) is 0. The van der Waals surface area contributed by atoms with E-state index in [-0.39, 0.29) is 6.10 Å². The maximum atomic E-state index is 11.2. The van der Waals surface area contributed by atoms with Gasteiger partial charge in [0.2, 0.25) is 7.37 Å². The van der Waals surface area contributed by atoms with Crippen molar-refractivity contribution in [2.75, 3.05) is 6.66 Å². The van der Waals surface area contributed by atoms with Crippen LogP contribution in [0.5, 0.6) is 0 Å². The molecule has 0 aliphatic carbocycles. The van der Waals surface area contributed by atoms with Gasteiger partial charge in [-0.05, 0) is 6.92 Å². The third kappa shape index (κ3) is 1.31. The lowest BCUT2D eigenvalue weighted by atomic mass is 10.2. The summed E-state index contributed by atoms with van der Waals surface area (Å²) >= 11 is 0. The predicted molar refractivity (Wildman–Crippen MR) is 41.0 cm³/mol. The lowest BCUT2D eigenvalue weighted by Gasteiger charge is -2.04. The molecule has 0 saturated heterocycles. The van der Waals surface area contributed by atoms with Gasteiger partial charge in [-0.25, -0.2) is 0 Å². The quantitative estimate of drug-likeness (QED) is 0.395. The topological polar surface area (TPSA) is 26.3 Å². The van der Waals surface area contributed by atoms with Crippen molar-refractivity contribution in [3.05, 3.63) is 11.4 Å². The average molecular weight is 156 g/mol. The Morgan fingerprint density at radius 3 is 2.70 bits per heavy atom. The first kappa shape index (κ1) is 7.60. The summed E-state index contributed by atoms with van der Waals surface area (Å²) in [5.41, 5.74) is 0.700. The van der Waals surface area contributed by atoms with Crippen LogP contribution in [-0.2, 0) is 9.09 Å². The smallest absolute Gasteiger partial charge is 0.223 e. The summed E-state index contributed by atoms with van der Waals surface area (Å²) < 4.78 is 16.3. The van der Waals surface area contributed by atoms with E-state index in [1.165, 1.54) is 0 Å². The van der Waals surface area contributed by atoms with Gasteiger partial charge in [-0.3, -0.25) is 4.57 Å². The Labute approximate surface area is 60.7 Å². The summed E-state index contributed by atoms with van der Waals surface area (Å²) in [4.78, 5) is 0. The Kier molecular flexibility index (Phi) is 1.72. The third-order valence-corrected chi connectivity index (χ3v) is 2.83. The summed E-state index contributed by atoms with van der Waals surface area (Å²) in [6.45, 7) is 3.36. The Balaban J connectivity index is 2.96. The van der Waals surface area contributed by atoms with E-state index in [0.717, 1.165) is 0 Å². The van der Waals surface area contributed by atoms with Gasteiger partial charge < -0.3 is 4.52 Å². The molecule has 0 saturated carbocycles. The van der Waals surface area contributed by atoms with Crippen LogP contribution in [0, 0.1) is 12.3 Å². The van der Waals surface area contributed by atoms with Crippen LogP contribution < -0.4 is 0 Å². The van der Waals surface area contributed by atoms with Gasteiger partial charge in [0, 0.05) is 18.1 Å². The molecule has 0 radical (unpaired) electrons. The van der Waals surface area contributed by atoms with Crippen LogP contribution in [0.4, 0.5) is 0 Å². The van der Waals surface area contributed by atoms with Gasteiger partial charge in [0.15, 0.2) is 0 Å². The second-order valence-corrected chi connectivity index (χ2v) is 4.67. The van der Waals surface area contributed by atoms with Crippen molar-refractivity contribution in [2.45, 2.75) is 13.0 Å². The second-order valence-electron chi connectivity index (χ2n) is 2.39. The van der Waals surface area contributed by atoms with Crippen LogP contribution in [0.1, 0.15) is 6.92 Å². The van der Waals surface area contributed by atoms with Gasteiger partial charge in [-0.15, -0.1) is 6.42 Å². The Morgan fingerprint density at radius 1 is 1.90 bits per heavy atom. The molecule has 0 bridgehead atoms. The Hall–Kier alpha value is -0.510. The molecule has 1 heterocycles. The molecule has 3 heteroatoms. The second kappa shape index (κ2) is 2.27. The van der Waals surface area contributed by atoms with E-state index in [1.807, 2.05) is 0 Å². The molecule has 0 spiro atoms.